The Kier molecular flexibility index (Phi) is 4.34. The summed E-state index contributed by atoms with van der Waals surface area (Å²) in [6, 6.07) is 1.63. The molecule has 1 N–H and O–H groups in total. The van der Waals surface area contributed by atoms with Crippen LogP contribution in [0.1, 0.15) is 24.0 Å². The number of nitrogens with zero attached hydrogens (tertiary/aromatic N) is 2. The molecule has 1 heterocycles. The zero-order chi connectivity index (χ0) is 19.4. The highest BCUT2D eigenvalue weighted by molar-refractivity contribution is 5.57. The minimum absolute atomic E-state index is 0.00785. The van der Waals surface area contributed by atoms with Crippen molar-refractivity contribution in [3.63, 3.8) is 0 Å². The Balaban J connectivity index is 1.95. The second-order valence-corrected chi connectivity index (χ2v) is 6.63. The van der Waals surface area contributed by atoms with Gasteiger partial charge in [-0.25, -0.2) is 4.39 Å². The lowest BCUT2D eigenvalue weighted by Crippen LogP contribution is -2.40. The topological polar surface area (TPSA) is 47.3 Å². The van der Waals surface area contributed by atoms with Crippen LogP contribution < -0.4 is 4.90 Å². The molecule has 1 aliphatic carbocycles. The van der Waals surface area contributed by atoms with Crippen molar-refractivity contribution in [1.82, 2.24) is 0 Å². The molecule has 142 valence electrons. The van der Waals surface area contributed by atoms with Crippen molar-refractivity contribution >= 4 is 5.69 Å². The molecule has 26 heavy (non-hydrogen) atoms. The lowest BCUT2D eigenvalue weighted by atomic mass is 10.0. The first-order chi connectivity index (χ1) is 11.9. The fourth-order valence-electron chi connectivity index (χ4n) is 3.63. The molecule has 2 aliphatic rings. The highest BCUT2D eigenvalue weighted by Crippen LogP contribution is 2.53. The number of nitriles is 1. The van der Waals surface area contributed by atoms with Gasteiger partial charge in [0.1, 0.15) is 17.4 Å². The lowest BCUT2D eigenvalue weighted by Gasteiger charge is -2.32. The maximum Gasteiger partial charge on any atom is 0.417 e. The monoisotopic (exact) mass is 382 g/mol. The Hall–Kier alpha value is -2.02. The summed E-state index contributed by atoms with van der Waals surface area (Å²) in [6.07, 6.45) is -12.5. The van der Waals surface area contributed by atoms with Gasteiger partial charge in [-0.2, -0.15) is 31.6 Å². The van der Waals surface area contributed by atoms with Crippen molar-refractivity contribution in [2.45, 2.75) is 37.3 Å². The molecule has 1 saturated heterocycles. The Labute approximate surface area is 143 Å². The number of aliphatic hydroxyl groups excluding tert-OH is 1. The molecule has 0 bridgehead atoms. The van der Waals surface area contributed by atoms with E-state index in [9.17, 15) is 35.8 Å². The molecule has 0 radical (unpaired) electrons. The van der Waals surface area contributed by atoms with E-state index < -0.39 is 47.9 Å². The lowest BCUT2D eigenvalue weighted by molar-refractivity contribution is -0.206. The van der Waals surface area contributed by atoms with E-state index in [1.807, 2.05) is 0 Å². The summed E-state index contributed by atoms with van der Waals surface area (Å²) in [7, 11) is 0. The second-order valence-electron chi connectivity index (χ2n) is 6.63. The quantitative estimate of drug-likeness (QED) is 0.808. The molecule has 0 amide bonds. The van der Waals surface area contributed by atoms with Crippen LogP contribution in [0, 0.1) is 29.0 Å². The van der Waals surface area contributed by atoms with Gasteiger partial charge in [0.2, 0.25) is 0 Å². The first-order valence-corrected chi connectivity index (χ1v) is 7.75. The van der Waals surface area contributed by atoms with Gasteiger partial charge in [0.25, 0.3) is 0 Å². The van der Waals surface area contributed by atoms with Gasteiger partial charge < -0.3 is 10.0 Å². The Morgan fingerprint density at radius 2 is 1.88 bits per heavy atom. The molecule has 0 spiro atoms. The van der Waals surface area contributed by atoms with Gasteiger partial charge in [0.15, 0.2) is 6.10 Å². The third kappa shape index (κ3) is 3.32. The predicted octanol–water partition coefficient (Wildman–Crippen LogP) is 3.85. The number of benzene rings is 1. The van der Waals surface area contributed by atoms with E-state index in [0.717, 1.165) is 6.07 Å². The van der Waals surface area contributed by atoms with Crippen molar-refractivity contribution in [3.8, 4) is 6.07 Å². The molecule has 2 fully saturated rings. The van der Waals surface area contributed by atoms with Gasteiger partial charge in [0, 0.05) is 24.7 Å². The molecule has 1 saturated carbocycles. The molecule has 1 aromatic rings. The fraction of sp³-hybridized carbons (Fsp3) is 0.562. The smallest absolute Gasteiger partial charge is 0.384 e. The van der Waals surface area contributed by atoms with E-state index in [-0.39, 0.29) is 24.1 Å². The highest BCUT2D eigenvalue weighted by atomic mass is 19.4. The number of rotatable bonds is 3. The predicted molar refractivity (Wildman–Crippen MR) is 75.5 cm³/mol. The summed E-state index contributed by atoms with van der Waals surface area (Å²) >= 11 is 0. The number of aliphatic hydroxyl groups is 1. The minimum Gasteiger partial charge on any atom is -0.384 e. The average Bonchev–Trinajstić information content (AvgIpc) is 3.19. The second kappa shape index (κ2) is 6.01. The van der Waals surface area contributed by atoms with E-state index >= 15 is 0 Å². The van der Waals surface area contributed by atoms with Gasteiger partial charge in [-0.1, -0.05) is 0 Å². The molecule has 1 aromatic carbocycles. The van der Waals surface area contributed by atoms with E-state index in [4.69, 9.17) is 5.26 Å². The Morgan fingerprint density at radius 1 is 1.23 bits per heavy atom. The highest BCUT2D eigenvalue weighted by Gasteiger charge is 2.55. The maximum atomic E-state index is 14.0. The van der Waals surface area contributed by atoms with Crippen LogP contribution in [0.4, 0.5) is 36.4 Å². The van der Waals surface area contributed by atoms with Crippen LogP contribution in [-0.4, -0.2) is 30.0 Å². The summed E-state index contributed by atoms with van der Waals surface area (Å²) in [5, 5.41) is 18.1. The summed E-state index contributed by atoms with van der Waals surface area (Å²) in [4.78, 5) is 1.27. The van der Waals surface area contributed by atoms with Gasteiger partial charge >= 0.3 is 12.4 Å². The number of alkyl halides is 6. The SMILES string of the molecule is N#Cc1c(F)cc(N2C[C@@H]3C[C@@H]3[C@@H]2CC(O)C(F)(F)F)cc1C(F)(F)F. The third-order valence-corrected chi connectivity index (χ3v) is 4.97. The van der Waals surface area contributed by atoms with Crippen LogP contribution in [0.5, 0.6) is 0 Å². The summed E-state index contributed by atoms with van der Waals surface area (Å²) in [6.45, 7) is 0.183. The number of piperidine rings is 1. The maximum absolute atomic E-state index is 14.0. The molecule has 0 aromatic heterocycles. The van der Waals surface area contributed by atoms with Gasteiger partial charge in [-0.15, -0.1) is 0 Å². The summed E-state index contributed by atoms with van der Waals surface area (Å²) < 4.78 is 91.3. The first-order valence-electron chi connectivity index (χ1n) is 7.75. The number of hydrogen-bond acceptors (Lipinski definition) is 3. The van der Waals surface area contributed by atoms with E-state index in [2.05, 4.69) is 0 Å². The Bertz CT molecular complexity index is 753. The van der Waals surface area contributed by atoms with Crippen molar-refractivity contribution in [3.05, 3.63) is 29.1 Å². The van der Waals surface area contributed by atoms with Crippen molar-refractivity contribution < 1.29 is 35.8 Å². The van der Waals surface area contributed by atoms with Crippen LogP contribution in [0.25, 0.3) is 0 Å². The van der Waals surface area contributed by atoms with Crippen LogP contribution in [0.3, 0.4) is 0 Å². The number of fused-ring (bicyclic) bond motifs is 1. The summed E-state index contributed by atoms with van der Waals surface area (Å²) in [5.74, 6) is -1.55. The van der Waals surface area contributed by atoms with Crippen molar-refractivity contribution in [1.29, 1.82) is 5.26 Å². The molecule has 3 nitrogen and oxygen atoms in total. The Morgan fingerprint density at radius 3 is 2.42 bits per heavy atom. The van der Waals surface area contributed by atoms with E-state index in [1.165, 1.54) is 11.0 Å². The number of hydrogen-bond donors (Lipinski definition) is 1. The minimum atomic E-state index is -4.98. The molecule has 4 atom stereocenters. The summed E-state index contributed by atoms with van der Waals surface area (Å²) in [5.41, 5.74) is -2.86. The molecular formula is C16H13F7N2O. The van der Waals surface area contributed by atoms with Crippen LogP contribution in [0.2, 0.25) is 0 Å². The van der Waals surface area contributed by atoms with Crippen molar-refractivity contribution in [2.24, 2.45) is 11.8 Å². The molecule has 10 heteroatoms. The van der Waals surface area contributed by atoms with E-state index in [1.54, 1.807) is 0 Å². The molecule has 1 aliphatic heterocycles. The fourth-order valence-corrected chi connectivity index (χ4v) is 3.63. The standard InChI is InChI=1S/C16H13F7N2O/c17-12-3-8(2-11(10(12)5-24)15(18,19)20)25-6-7-1-9(7)13(25)4-14(26)16(21,22)23/h2-3,7,9,13-14,26H,1,4,6H2/t7-,9-,13-,14?/m0/s1. The zero-order valence-electron chi connectivity index (χ0n) is 13.1. The molecule has 3 rings (SSSR count). The van der Waals surface area contributed by atoms with E-state index in [0.29, 0.717) is 12.5 Å². The van der Waals surface area contributed by atoms with Crippen LogP contribution >= 0.6 is 0 Å². The third-order valence-electron chi connectivity index (χ3n) is 4.97. The van der Waals surface area contributed by atoms with Crippen LogP contribution in [-0.2, 0) is 6.18 Å². The van der Waals surface area contributed by atoms with Gasteiger partial charge in [-0.3, -0.25) is 0 Å². The van der Waals surface area contributed by atoms with Gasteiger partial charge in [-0.05, 0) is 30.4 Å². The van der Waals surface area contributed by atoms with Gasteiger partial charge in [0.05, 0.1) is 5.56 Å². The zero-order valence-corrected chi connectivity index (χ0v) is 13.1. The average molecular weight is 382 g/mol. The number of anilines is 1. The molecular weight excluding hydrogens is 369 g/mol. The largest absolute Gasteiger partial charge is 0.417 e. The van der Waals surface area contributed by atoms with Crippen LogP contribution in [0.15, 0.2) is 12.1 Å². The van der Waals surface area contributed by atoms with Crippen molar-refractivity contribution in [2.75, 3.05) is 11.4 Å². The molecule has 1 unspecified atom stereocenters. The number of halogens is 7. The first kappa shape index (κ1) is 18.8. The normalized spacial score (nSPS) is 26.4.